The van der Waals surface area contributed by atoms with Crippen LogP contribution in [0, 0.1) is 13.8 Å². The summed E-state index contributed by atoms with van der Waals surface area (Å²) in [6.07, 6.45) is 3.39. The number of hydrogen-bond acceptors (Lipinski definition) is 7. The fraction of sp³-hybridized carbons (Fsp3) is 0.130. The largest absolute Gasteiger partial charge is 0.508 e. The number of phenolic OH excluding ortho intramolecular Hbond substituents is 2. The molecule has 0 unspecified atom stereocenters. The van der Waals surface area contributed by atoms with Crippen LogP contribution in [0.5, 0.6) is 11.5 Å². The van der Waals surface area contributed by atoms with Gasteiger partial charge in [0.1, 0.15) is 11.5 Å². The number of phenols is 2. The Morgan fingerprint density at radius 2 is 1.74 bits per heavy atom. The molecule has 0 saturated heterocycles. The van der Waals surface area contributed by atoms with Gasteiger partial charge in [-0.1, -0.05) is 17.8 Å². The molecule has 2 N–H and O–H groups in total. The van der Waals surface area contributed by atoms with Gasteiger partial charge in [-0.25, -0.2) is 0 Å². The van der Waals surface area contributed by atoms with Crippen LogP contribution in [-0.2, 0) is 0 Å². The molecule has 2 aromatic heterocycles. The van der Waals surface area contributed by atoms with E-state index < -0.39 is 0 Å². The highest BCUT2D eigenvalue weighted by Crippen LogP contribution is 2.30. The van der Waals surface area contributed by atoms with Gasteiger partial charge in [0.05, 0.1) is 17.0 Å². The van der Waals surface area contributed by atoms with E-state index in [-0.39, 0.29) is 28.6 Å². The normalized spacial score (nSPS) is 10.9. The van der Waals surface area contributed by atoms with Gasteiger partial charge in [-0.2, -0.15) is 0 Å². The van der Waals surface area contributed by atoms with E-state index >= 15 is 0 Å². The van der Waals surface area contributed by atoms with Crippen LogP contribution in [0.4, 0.5) is 0 Å². The average Bonchev–Trinajstić information content (AvgIpc) is 3.18. The number of aromatic hydroxyl groups is 2. The second kappa shape index (κ2) is 8.61. The van der Waals surface area contributed by atoms with E-state index in [0.717, 1.165) is 22.9 Å². The summed E-state index contributed by atoms with van der Waals surface area (Å²) >= 11 is 1.23. The Labute approximate surface area is 183 Å². The molecule has 0 bridgehead atoms. The Balaban J connectivity index is 1.70. The van der Waals surface area contributed by atoms with Crippen LogP contribution in [0.1, 0.15) is 21.5 Å². The van der Waals surface area contributed by atoms with Gasteiger partial charge in [0.15, 0.2) is 16.8 Å². The van der Waals surface area contributed by atoms with Crippen molar-refractivity contribution in [3.63, 3.8) is 0 Å². The molecule has 7 nitrogen and oxygen atoms in total. The minimum absolute atomic E-state index is 0.0532. The van der Waals surface area contributed by atoms with Gasteiger partial charge in [-0.05, 0) is 61.4 Å². The molecule has 0 aliphatic carbocycles. The number of ketones is 1. The number of aromatic nitrogens is 4. The molecule has 0 amide bonds. The fourth-order valence-corrected chi connectivity index (χ4v) is 3.95. The minimum Gasteiger partial charge on any atom is -0.508 e. The molecule has 0 radical (unpaired) electrons. The predicted octanol–water partition coefficient (Wildman–Crippen LogP) is 4.33. The summed E-state index contributed by atoms with van der Waals surface area (Å²) in [7, 11) is 0. The van der Waals surface area contributed by atoms with Crippen molar-refractivity contribution >= 4 is 17.5 Å². The summed E-state index contributed by atoms with van der Waals surface area (Å²) < 4.78 is 1.91. The molecule has 0 aliphatic rings. The number of benzene rings is 2. The molecule has 0 atom stereocenters. The summed E-state index contributed by atoms with van der Waals surface area (Å²) in [5, 5.41) is 28.7. The predicted molar refractivity (Wildman–Crippen MR) is 119 cm³/mol. The van der Waals surface area contributed by atoms with Crippen LogP contribution in [0.25, 0.3) is 17.1 Å². The van der Waals surface area contributed by atoms with Gasteiger partial charge >= 0.3 is 0 Å². The number of hydrogen-bond donors (Lipinski definition) is 2. The topological polar surface area (TPSA) is 101 Å². The maximum atomic E-state index is 12.6. The number of Topliss-reactive ketones (excluding diaryl/α,β-unsaturated/α-hetero) is 1. The van der Waals surface area contributed by atoms with E-state index in [4.69, 9.17) is 0 Å². The number of aryl methyl sites for hydroxylation is 2. The Morgan fingerprint density at radius 3 is 2.45 bits per heavy atom. The molecule has 31 heavy (non-hydrogen) atoms. The van der Waals surface area contributed by atoms with Crippen LogP contribution < -0.4 is 0 Å². The number of pyridine rings is 1. The first-order valence-electron chi connectivity index (χ1n) is 9.55. The second-order valence-electron chi connectivity index (χ2n) is 7.06. The van der Waals surface area contributed by atoms with Gasteiger partial charge < -0.3 is 10.2 Å². The second-order valence-corrected chi connectivity index (χ2v) is 8.00. The summed E-state index contributed by atoms with van der Waals surface area (Å²) in [5.41, 5.74) is 4.21. The molecule has 2 heterocycles. The van der Waals surface area contributed by atoms with Crippen LogP contribution in [0.2, 0.25) is 0 Å². The molecule has 0 aliphatic heterocycles. The highest BCUT2D eigenvalue weighted by atomic mass is 32.2. The number of rotatable bonds is 6. The first kappa shape index (κ1) is 20.6. The molecular weight excluding hydrogens is 412 g/mol. The summed E-state index contributed by atoms with van der Waals surface area (Å²) in [6, 6.07) is 13.7. The summed E-state index contributed by atoms with van der Waals surface area (Å²) in [4.78, 5) is 16.7. The average molecular weight is 433 g/mol. The van der Waals surface area contributed by atoms with E-state index in [2.05, 4.69) is 21.2 Å². The molecule has 0 fully saturated rings. The van der Waals surface area contributed by atoms with Gasteiger partial charge in [-0.15, -0.1) is 10.2 Å². The van der Waals surface area contributed by atoms with Crippen molar-refractivity contribution in [2.24, 2.45) is 0 Å². The molecule has 2 aromatic carbocycles. The maximum Gasteiger partial charge on any atom is 0.196 e. The van der Waals surface area contributed by atoms with Crippen LogP contribution in [0.3, 0.4) is 0 Å². The lowest BCUT2D eigenvalue weighted by atomic mass is 10.1. The number of nitrogens with zero attached hydrogens (tertiary/aromatic N) is 4. The molecule has 4 aromatic rings. The highest BCUT2D eigenvalue weighted by molar-refractivity contribution is 7.99. The molecule has 0 spiro atoms. The first-order valence-corrected chi connectivity index (χ1v) is 10.5. The number of carbonyl (C=O) groups excluding carboxylic acids is 1. The van der Waals surface area contributed by atoms with Gasteiger partial charge in [0.25, 0.3) is 0 Å². The van der Waals surface area contributed by atoms with E-state index in [1.165, 1.54) is 29.5 Å². The minimum atomic E-state index is -0.275. The smallest absolute Gasteiger partial charge is 0.196 e. The zero-order valence-electron chi connectivity index (χ0n) is 17.0. The molecular formula is C23H20N4O3S. The number of carbonyl (C=O) groups is 1. The van der Waals surface area contributed by atoms with Crippen molar-refractivity contribution in [3.05, 3.63) is 77.6 Å². The molecule has 156 valence electrons. The Kier molecular flexibility index (Phi) is 5.73. The SMILES string of the molecule is Cc1ccc(-n2c(SCC(=O)c3ccc(O)cc3O)nnc2-c2ccncc2)cc1C. The maximum absolute atomic E-state index is 12.6. The van der Waals surface area contributed by atoms with Crippen LogP contribution >= 0.6 is 11.8 Å². The van der Waals surface area contributed by atoms with Crippen molar-refractivity contribution in [3.8, 4) is 28.6 Å². The Morgan fingerprint density at radius 1 is 0.968 bits per heavy atom. The Bertz CT molecular complexity index is 1260. The van der Waals surface area contributed by atoms with Crippen molar-refractivity contribution in [2.45, 2.75) is 19.0 Å². The fourth-order valence-electron chi connectivity index (χ4n) is 3.11. The van der Waals surface area contributed by atoms with Gasteiger partial charge in [0.2, 0.25) is 0 Å². The van der Waals surface area contributed by atoms with Crippen LogP contribution in [0.15, 0.2) is 66.1 Å². The zero-order valence-corrected chi connectivity index (χ0v) is 17.8. The van der Waals surface area contributed by atoms with Crippen molar-refractivity contribution in [1.82, 2.24) is 19.7 Å². The van der Waals surface area contributed by atoms with Gasteiger partial charge in [-0.3, -0.25) is 14.3 Å². The monoisotopic (exact) mass is 432 g/mol. The summed E-state index contributed by atoms with van der Waals surface area (Å²) in [6.45, 7) is 4.09. The van der Waals surface area contributed by atoms with Crippen molar-refractivity contribution in [2.75, 3.05) is 5.75 Å². The zero-order chi connectivity index (χ0) is 22.0. The van der Waals surface area contributed by atoms with E-state index in [0.29, 0.717) is 11.0 Å². The lowest BCUT2D eigenvalue weighted by molar-refractivity contribution is 0.102. The van der Waals surface area contributed by atoms with Crippen LogP contribution in [-0.4, -0.2) is 41.5 Å². The van der Waals surface area contributed by atoms with E-state index in [1.807, 2.05) is 42.7 Å². The van der Waals surface area contributed by atoms with Crippen molar-refractivity contribution in [1.29, 1.82) is 0 Å². The van der Waals surface area contributed by atoms with Crippen molar-refractivity contribution < 1.29 is 15.0 Å². The number of thioether (sulfide) groups is 1. The first-order chi connectivity index (χ1) is 14.9. The third kappa shape index (κ3) is 4.29. The molecule has 4 rings (SSSR count). The van der Waals surface area contributed by atoms with Gasteiger partial charge in [0, 0.05) is 24.0 Å². The Hall–Kier alpha value is -3.65. The van der Waals surface area contributed by atoms with E-state index in [9.17, 15) is 15.0 Å². The standard InChI is InChI=1S/C23H20N4O3S/c1-14-3-4-17(11-15(14)2)27-22(16-7-9-24-10-8-16)25-26-23(27)31-13-21(30)19-6-5-18(28)12-20(19)29/h3-12,28-29H,13H2,1-2H3. The lowest BCUT2D eigenvalue weighted by Crippen LogP contribution is -2.05. The molecule has 0 saturated carbocycles. The van der Waals surface area contributed by atoms with E-state index in [1.54, 1.807) is 12.4 Å². The summed E-state index contributed by atoms with van der Waals surface area (Å²) in [5.74, 6) is 0.0741. The molecule has 8 heteroatoms. The highest BCUT2D eigenvalue weighted by Gasteiger charge is 2.19. The third-order valence-corrected chi connectivity index (χ3v) is 5.86. The lowest BCUT2D eigenvalue weighted by Gasteiger charge is -2.12. The quantitative estimate of drug-likeness (QED) is 0.345. The third-order valence-electron chi connectivity index (χ3n) is 4.93.